The minimum atomic E-state index is 0.116. The molecule has 1 aromatic heterocycles. The van der Waals surface area contributed by atoms with Crippen molar-refractivity contribution < 1.29 is 9.21 Å². The number of carbonyl (C=O) groups is 1. The van der Waals surface area contributed by atoms with E-state index >= 15 is 0 Å². The lowest BCUT2D eigenvalue weighted by Crippen LogP contribution is -2.39. The Balaban J connectivity index is 1.76. The van der Waals surface area contributed by atoms with Crippen molar-refractivity contribution in [3.63, 3.8) is 0 Å². The first kappa shape index (κ1) is 10.8. The lowest BCUT2D eigenvalue weighted by atomic mass is 10.1. The Labute approximate surface area is 101 Å². The fraction of sp³-hybridized carbons (Fsp3) is 0.615. The number of amides is 1. The van der Waals surface area contributed by atoms with Gasteiger partial charge in [0.25, 0.3) is 5.91 Å². The third kappa shape index (κ3) is 1.97. The van der Waals surface area contributed by atoms with Crippen LogP contribution in [0.1, 0.15) is 35.4 Å². The minimum Gasteiger partial charge on any atom is -0.469 e. The molecule has 3 heterocycles. The van der Waals surface area contributed by atoms with E-state index in [1.54, 1.807) is 12.3 Å². The van der Waals surface area contributed by atoms with E-state index < -0.39 is 0 Å². The van der Waals surface area contributed by atoms with Crippen LogP contribution < -0.4 is 5.32 Å². The average Bonchev–Trinajstić information content (AvgIpc) is 2.84. The Morgan fingerprint density at radius 2 is 2.24 bits per heavy atom. The largest absolute Gasteiger partial charge is 0.469 e. The van der Waals surface area contributed by atoms with Gasteiger partial charge in [-0.15, -0.1) is 0 Å². The van der Waals surface area contributed by atoms with Crippen molar-refractivity contribution in [2.45, 2.75) is 38.3 Å². The van der Waals surface area contributed by atoms with Crippen LogP contribution in [0.5, 0.6) is 0 Å². The number of hydrogen-bond acceptors (Lipinski definition) is 3. The molecule has 2 fully saturated rings. The van der Waals surface area contributed by atoms with Crippen molar-refractivity contribution in [2.75, 3.05) is 13.1 Å². The normalized spacial score (nSPS) is 28.2. The number of nitrogens with one attached hydrogen (secondary N) is 1. The van der Waals surface area contributed by atoms with E-state index in [9.17, 15) is 4.79 Å². The molecule has 4 nitrogen and oxygen atoms in total. The molecule has 1 aromatic rings. The molecule has 2 aliphatic heterocycles. The molecule has 2 atom stereocenters. The van der Waals surface area contributed by atoms with Gasteiger partial charge in [-0.25, -0.2) is 0 Å². The molecule has 92 valence electrons. The highest BCUT2D eigenvalue weighted by atomic mass is 16.3. The molecule has 1 N–H and O–H groups in total. The quantitative estimate of drug-likeness (QED) is 0.802. The lowest BCUT2D eigenvalue weighted by molar-refractivity contribution is 0.0746. The van der Waals surface area contributed by atoms with Crippen LogP contribution in [0.25, 0.3) is 0 Å². The monoisotopic (exact) mass is 234 g/mol. The maximum absolute atomic E-state index is 12.3. The standard InChI is InChI=1S/C13H18N2O2/c1-9-12(5-7-17-9)13(16)15-6-4-10-2-3-11(8-15)14-10/h5,7,10-11,14H,2-4,6,8H2,1H3. The Bertz CT molecular complexity index is 427. The molecule has 3 rings (SSSR count). The first-order chi connectivity index (χ1) is 8.24. The van der Waals surface area contributed by atoms with Gasteiger partial charge in [-0.05, 0) is 32.3 Å². The molecule has 0 spiro atoms. The van der Waals surface area contributed by atoms with E-state index in [2.05, 4.69) is 5.32 Å². The van der Waals surface area contributed by atoms with E-state index in [0.29, 0.717) is 17.6 Å². The maximum Gasteiger partial charge on any atom is 0.257 e. The van der Waals surface area contributed by atoms with Crippen molar-refractivity contribution in [1.82, 2.24) is 10.2 Å². The Kier molecular flexibility index (Phi) is 2.67. The number of nitrogens with zero attached hydrogens (tertiary/aromatic N) is 1. The second-order valence-corrected chi connectivity index (χ2v) is 5.07. The Morgan fingerprint density at radius 3 is 3.00 bits per heavy atom. The summed E-state index contributed by atoms with van der Waals surface area (Å²) in [6, 6.07) is 2.87. The van der Waals surface area contributed by atoms with Crippen LogP contribution in [-0.4, -0.2) is 36.0 Å². The summed E-state index contributed by atoms with van der Waals surface area (Å²) < 4.78 is 5.21. The van der Waals surface area contributed by atoms with Crippen LogP contribution in [0.3, 0.4) is 0 Å². The van der Waals surface area contributed by atoms with Crippen LogP contribution in [0.4, 0.5) is 0 Å². The van der Waals surface area contributed by atoms with Crippen LogP contribution in [0.2, 0.25) is 0 Å². The maximum atomic E-state index is 12.3. The summed E-state index contributed by atoms with van der Waals surface area (Å²) in [7, 11) is 0. The van der Waals surface area contributed by atoms with Gasteiger partial charge in [0.2, 0.25) is 0 Å². The second-order valence-electron chi connectivity index (χ2n) is 5.07. The highest BCUT2D eigenvalue weighted by Crippen LogP contribution is 2.22. The van der Waals surface area contributed by atoms with E-state index in [1.807, 2.05) is 11.8 Å². The number of furan rings is 1. The van der Waals surface area contributed by atoms with Crippen molar-refractivity contribution in [3.05, 3.63) is 23.7 Å². The number of rotatable bonds is 1. The molecule has 4 heteroatoms. The van der Waals surface area contributed by atoms with Crippen molar-refractivity contribution in [3.8, 4) is 0 Å². The number of likely N-dealkylation sites (tertiary alicyclic amines) is 1. The first-order valence-corrected chi connectivity index (χ1v) is 6.33. The van der Waals surface area contributed by atoms with E-state index in [1.165, 1.54) is 12.8 Å². The van der Waals surface area contributed by atoms with Crippen LogP contribution in [0.15, 0.2) is 16.7 Å². The topological polar surface area (TPSA) is 45.5 Å². The first-order valence-electron chi connectivity index (χ1n) is 6.33. The van der Waals surface area contributed by atoms with Gasteiger partial charge in [0.1, 0.15) is 5.76 Å². The zero-order valence-electron chi connectivity index (χ0n) is 10.1. The Hall–Kier alpha value is -1.29. The SMILES string of the molecule is Cc1occc1C(=O)N1CCC2CCC(C1)N2. The molecular formula is C13H18N2O2. The molecule has 2 saturated heterocycles. The smallest absolute Gasteiger partial charge is 0.257 e. The highest BCUT2D eigenvalue weighted by Gasteiger charge is 2.32. The van der Waals surface area contributed by atoms with Gasteiger partial charge in [-0.1, -0.05) is 0 Å². The van der Waals surface area contributed by atoms with Gasteiger partial charge in [-0.3, -0.25) is 4.79 Å². The second kappa shape index (κ2) is 4.18. The molecule has 17 heavy (non-hydrogen) atoms. The van der Waals surface area contributed by atoms with E-state index in [0.717, 1.165) is 25.3 Å². The summed E-state index contributed by atoms with van der Waals surface area (Å²) in [6.45, 7) is 3.53. The van der Waals surface area contributed by atoms with E-state index in [-0.39, 0.29) is 5.91 Å². The molecular weight excluding hydrogens is 216 g/mol. The fourth-order valence-electron chi connectivity index (χ4n) is 2.90. The number of fused-ring (bicyclic) bond motifs is 2. The summed E-state index contributed by atoms with van der Waals surface area (Å²) in [4.78, 5) is 14.3. The molecule has 2 unspecified atom stereocenters. The number of carbonyl (C=O) groups excluding carboxylic acids is 1. The summed E-state index contributed by atoms with van der Waals surface area (Å²) in [6.07, 6.45) is 5.11. The van der Waals surface area contributed by atoms with Crippen molar-refractivity contribution in [1.29, 1.82) is 0 Å². The van der Waals surface area contributed by atoms with E-state index in [4.69, 9.17) is 4.42 Å². The predicted octanol–water partition coefficient (Wildman–Crippen LogP) is 1.55. The number of hydrogen-bond donors (Lipinski definition) is 1. The molecule has 1 amide bonds. The number of aryl methyl sites for hydroxylation is 1. The van der Waals surface area contributed by atoms with Crippen molar-refractivity contribution in [2.24, 2.45) is 0 Å². The fourth-order valence-corrected chi connectivity index (χ4v) is 2.90. The van der Waals surface area contributed by atoms with Crippen molar-refractivity contribution >= 4 is 5.91 Å². The van der Waals surface area contributed by atoms with Gasteiger partial charge >= 0.3 is 0 Å². The third-order valence-corrected chi connectivity index (χ3v) is 3.90. The molecule has 0 aromatic carbocycles. The molecule has 0 radical (unpaired) electrons. The van der Waals surface area contributed by atoms with Gasteiger partial charge in [0, 0.05) is 25.2 Å². The summed E-state index contributed by atoms with van der Waals surface area (Å²) in [5.41, 5.74) is 0.711. The summed E-state index contributed by atoms with van der Waals surface area (Å²) in [5, 5.41) is 3.58. The summed E-state index contributed by atoms with van der Waals surface area (Å²) >= 11 is 0. The minimum absolute atomic E-state index is 0.116. The van der Waals surface area contributed by atoms with Gasteiger partial charge in [-0.2, -0.15) is 0 Å². The molecule has 0 aliphatic carbocycles. The average molecular weight is 234 g/mol. The third-order valence-electron chi connectivity index (χ3n) is 3.90. The van der Waals surface area contributed by atoms with Gasteiger partial charge in [0.05, 0.1) is 11.8 Å². The van der Waals surface area contributed by atoms with Crippen LogP contribution in [0, 0.1) is 6.92 Å². The zero-order chi connectivity index (χ0) is 11.8. The van der Waals surface area contributed by atoms with Gasteiger partial charge in [0.15, 0.2) is 0 Å². The molecule has 2 aliphatic rings. The predicted molar refractivity (Wildman–Crippen MR) is 63.9 cm³/mol. The highest BCUT2D eigenvalue weighted by molar-refractivity contribution is 5.95. The summed E-state index contributed by atoms with van der Waals surface area (Å²) in [5.74, 6) is 0.836. The van der Waals surface area contributed by atoms with Crippen LogP contribution in [-0.2, 0) is 0 Å². The lowest BCUT2D eigenvalue weighted by Gasteiger charge is -2.24. The molecule has 0 saturated carbocycles. The van der Waals surface area contributed by atoms with Crippen LogP contribution >= 0.6 is 0 Å². The Morgan fingerprint density at radius 1 is 1.41 bits per heavy atom. The molecule has 2 bridgehead atoms. The van der Waals surface area contributed by atoms with Gasteiger partial charge < -0.3 is 14.6 Å². The zero-order valence-corrected chi connectivity index (χ0v) is 10.1.